The first kappa shape index (κ1) is 14.0. The van der Waals surface area contributed by atoms with Gasteiger partial charge in [0.05, 0.1) is 13.7 Å². The van der Waals surface area contributed by atoms with Crippen molar-refractivity contribution < 1.29 is 9.57 Å². The fraction of sp³-hybridized carbons (Fsp3) is 0.571. The van der Waals surface area contributed by atoms with Crippen LogP contribution in [0.3, 0.4) is 0 Å². The molecule has 0 unspecified atom stereocenters. The van der Waals surface area contributed by atoms with Crippen LogP contribution in [0.2, 0.25) is 0 Å². The van der Waals surface area contributed by atoms with Gasteiger partial charge in [0.25, 0.3) is 0 Å². The van der Waals surface area contributed by atoms with Crippen LogP contribution in [-0.2, 0) is 11.4 Å². The smallest absolute Gasteiger partial charge is 0.125 e. The summed E-state index contributed by atoms with van der Waals surface area (Å²) in [4.78, 5) is 4.73. The van der Waals surface area contributed by atoms with E-state index in [0.29, 0.717) is 18.4 Å². The van der Waals surface area contributed by atoms with Crippen LogP contribution in [0.15, 0.2) is 12.1 Å². The Kier molecular flexibility index (Phi) is 4.97. The second kappa shape index (κ2) is 6.03. The van der Waals surface area contributed by atoms with Gasteiger partial charge >= 0.3 is 0 Å². The number of hydrogen-bond donors (Lipinski definition) is 1. The third-order valence-electron chi connectivity index (χ3n) is 2.90. The van der Waals surface area contributed by atoms with Crippen LogP contribution in [-0.4, -0.2) is 7.11 Å². The molecule has 96 valence electrons. The molecule has 0 bridgehead atoms. The Hall–Kier alpha value is -1.06. The van der Waals surface area contributed by atoms with E-state index >= 15 is 0 Å². The Morgan fingerprint density at radius 1 is 1.06 bits per heavy atom. The Labute approximate surface area is 104 Å². The molecule has 0 aromatic heterocycles. The van der Waals surface area contributed by atoms with E-state index in [1.165, 1.54) is 11.1 Å². The summed E-state index contributed by atoms with van der Waals surface area (Å²) in [6.07, 6.45) is 0. The van der Waals surface area contributed by atoms with Gasteiger partial charge in [-0.25, -0.2) is 5.90 Å². The zero-order valence-corrected chi connectivity index (χ0v) is 11.4. The molecular weight excluding hydrogens is 214 g/mol. The highest BCUT2D eigenvalue weighted by Crippen LogP contribution is 2.35. The second-order valence-electron chi connectivity index (χ2n) is 4.93. The van der Waals surface area contributed by atoms with E-state index in [1.807, 2.05) is 0 Å². The van der Waals surface area contributed by atoms with Gasteiger partial charge in [0, 0.05) is 0 Å². The molecule has 0 fully saturated rings. The van der Waals surface area contributed by atoms with Gasteiger partial charge in [-0.15, -0.1) is 0 Å². The molecule has 1 aromatic carbocycles. The molecular formula is C14H23NO2. The number of rotatable bonds is 5. The molecule has 2 N–H and O–H groups in total. The predicted octanol–water partition coefficient (Wildman–Crippen LogP) is 3.33. The Morgan fingerprint density at radius 2 is 1.53 bits per heavy atom. The molecule has 0 amide bonds. The fourth-order valence-electron chi connectivity index (χ4n) is 2.01. The Balaban J connectivity index is 3.35. The molecule has 3 nitrogen and oxygen atoms in total. The largest absolute Gasteiger partial charge is 0.496 e. The van der Waals surface area contributed by atoms with Gasteiger partial charge < -0.3 is 4.74 Å². The molecule has 1 rings (SSSR count). The lowest BCUT2D eigenvalue weighted by Crippen LogP contribution is -2.05. The quantitative estimate of drug-likeness (QED) is 0.799. The minimum absolute atomic E-state index is 0.417. The fourth-order valence-corrected chi connectivity index (χ4v) is 2.01. The monoisotopic (exact) mass is 237 g/mol. The SMILES string of the molecule is COc1c(C(C)C)cc(CON)cc1C(C)C. The van der Waals surface area contributed by atoms with Crippen molar-refractivity contribution in [2.45, 2.75) is 46.1 Å². The van der Waals surface area contributed by atoms with Crippen LogP contribution in [0.25, 0.3) is 0 Å². The summed E-state index contributed by atoms with van der Waals surface area (Å²) in [6.45, 7) is 9.08. The minimum Gasteiger partial charge on any atom is -0.496 e. The van der Waals surface area contributed by atoms with Crippen molar-refractivity contribution >= 4 is 0 Å². The van der Waals surface area contributed by atoms with E-state index in [-0.39, 0.29) is 0 Å². The summed E-state index contributed by atoms with van der Waals surface area (Å²) in [7, 11) is 1.73. The molecule has 17 heavy (non-hydrogen) atoms. The lowest BCUT2D eigenvalue weighted by atomic mass is 9.91. The van der Waals surface area contributed by atoms with Gasteiger partial charge in [-0.2, -0.15) is 0 Å². The summed E-state index contributed by atoms with van der Waals surface area (Å²) in [5.41, 5.74) is 3.53. The van der Waals surface area contributed by atoms with E-state index in [2.05, 4.69) is 39.8 Å². The molecule has 3 heteroatoms. The zero-order valence-electron chi connectivity index (χ0n) is 11.4. The highest BCUT2D eigenvalue weighted by Gasteiger charge is 2.16. The lowest BCUT2D eigenvalue weighted by Gasteiger charge is -2.20. The van der Waals surface area contributed by atoms with Crippen LogP contribution in [0, 0.1) is 0 Å². The average molecular weight is 237 g/mol. The minimum atomic E-state index is 0.417. The molecule has 0 heterocycles. The van der Waals surface area contributed by atoms with Crippen molar-refractivity contribution in [2.24, 2.45) is 5.90 Å². The summed E-state index contributed by atoms with van der Waals surface area (Å²) >= 11 is 0. The third kappa shape index (κ3) is 3.20. The molecule has 0 aliphatic carbocycles. The van der Waals surface area contributed by atoms with Crippen molar-refractivity contribution in [1.29, 1.82) is 0 Å². The van der Waals surface area contributed by atoms with Crippen molar-refractivity contribution in [3.8, 4) is 5.75 Å². The first-order valence-corrected chi connectivity index (χ1v) is 6.03. The highest BCUT2D eigenvalue weighted by molar-refractivity contribution is 5.47. The maximum absolute atomic E-state index is 5.56. The Morgan fingerprint density at radius 3 is 1.82 bits per heavy atom. The van der Waals surface area contributed by atoms with Crippen molar-refractivity contribution in [3.05, 3.63) is 28.8 Å². The molecule has 0 radical (unpaired) electrons. The molecule has 0 atom stereocenters. The van der Waals surface area contributed by atoms with E-state index in [0.717, 1.165) is 11.3 Å². The van der Waals surface area contributed by atoms with E-state index in [4.69, 9.17) is 15.5 Å². The van der Waals surface area contributed by atoms with Gasteiger partial charge in [0.15, 0.2) is 0 Å². The van der Waals surface area contributed by atoms with Gasteiger partial charge in [-0.05, 0) is 40.7 Å². The maximum atomic E-state index is 5.56. The van der Waals surface area contributed by atoms with Crippen LogP contribution in [0.5, 0.6) is 5.75 Å². The van der Waals surface area contributed by atoms with Gasteiger partial charge in [0.1, 0.15) is 5.75 Å². The second-order valence-corrected chi connectivity index (χ2v) is 4.93. The maximum Gasteiger partial charge on any atom is 0.125 e. The number of methoxy groups -OCH3 is 1. The molecule has 0 spiro atoms. The van der Waals surface area contributed by atoms with Crippen LogP contribution >= 0.6 is 0 Å². The Bertz CT molecular complexity index is 343. The standard InChI is InChI=1S/C14H23NO2/c1-9(2)12-6-11(8-17-15)7-13(10(3)4)14(12)16-5/h6-7,9-10H,8,15H2,1-5H3. The van der Waals surface area contributed by atoms with Gasteiger partial charge in [0.2, 0.25) is 0 Å². The predicted molar refractivity (Wildman–Crippen MR) is 70.1 cm³/mol. The first-order valence-electron chi connectivity index (χ1n) is 6.03. The van der Waals surface area contributed by atoms with Crippen LogP contribution < -0.4 is 10.6 Å². The number of nitrogens with two attached hydrogens (primary N) is 1. The van der Waals surface area contributed by atoms with Crippen molar-refractivity contribution in [3.63, 3.8) is 0 Å². The third-order valence-corrected chi connectivity index (χ3v) is 2.90. The summed E-state index contributed by atoms with van der Waals surface area (Å²) in [5.74, 6) is 6.98. The summed E-state index contributed by atoms with van der Waals surface area (Å²) < 4.78 is 5.56. The van der Waals surface area contributed by atoms with Gasteiger partial charge in [-0.3, -0.25) is 4.84 Å². The van der Waals surface area contributed by atoms with Crippen molar-refractivity contribution in [2.75, 3.05) is 7.11 Å². The normalized spacial score (nSPS) is 11.3. The summed E-state index contributed by atoms with van der Waals surface area (Å²) in [6, 6.07) is 4.23. The first-order chi connectivity index (χ1) is 8.01. The molecule has 0 aliphatic rings. The van der Waals surface area contributed by atoms with Gasteiger partial charge in [-0.1, -0.05) is 27.7 Å². The van der Waals surface area contributed by atoms with E-state index < -0.39 is 0 Å². The lowest BCUT2D eigenvalue weighted by molar-refractivity contribution is 0.124. The molecule has 0 saturated carbocycles. The topological polar surface area (TPSA) is 44.5 Å². The van der Waals surface area contributed by atoms with E-state index in [1.54, 1.807) is 7.11 Å². The average Bonchev–Trinajstić information content (AvgIpc) is 2.28. The van der Waals surface area contributed by atoms with Crippen molar-refractivity contribution in [1.82, 2.24) is 0 Å². The van der Waals surface area contributed by atoms with E-state index in [9.17, 15) is 0 Å². The number of benzene rings is 1. The van der Waals surface area contributed by atoms with Crippen LogP contribution in [0.4, 0.5) is 0 Å². The molecule has 0 saturated heterocycles. The zero-order chi connectivity index (χ0) is 13.0. The summed E-state index contributed by atoms with van der Waals surface area (Å²) in [5, 5.41) is 0. The molecule has 1 aromatic rings. The molecule has 0 aliphatic heterocycles. The number of ether oxygens (including phenoxy) is 1. The van der Waals surface area contributed by atoms with Crippen LogP contribution in [0.1, 0.15) is 56.2 Å². The number of hydrogen-bond acceptors (Lipinski definition) is 3. The highest BCUT2D eigenvalue weighted by atomic mass is 16.6.